The first-order chi connectivity index (χ1) is 6.45. The molecule has 0 spiro atoms. The molecular weight excluding hydrogens is 192 g/mol. The molecule has 6 heteroatoms. The summed E-state index contributed by atoms with van der Waals surface area (Å²) in [6, 6.07) is 0. The van der Waals surface area contributed by atoms with Gasteiger partial charge in [-0.2, -0.15) is 0 Å². The lowest BCUT2D eigenvalue weighted by molar-refractivity contribution is -0.134. The van der Waals surface area contributed by atoms with Crippen LogP contribution in [-0.4, -0.2) is 45.6 Å². The van der Waals surface area contributed by atoms with E-state index in [1.165, 1.54) is 0 Å². The van der Waals surface area contributed by atoms with Crippen LogP contribution in [0.4, 0.5) is 0 Å². The summed E-state index contributed by atoms with van der Waals surface area (Å²) in [5, 5.41) is 30.8. The number of carboxylic acid groups (broad SMARTS) is 2. The number of rotatable bonds is 2. The Morgan fingerprint density at radius 1 is 0.929 bits per heavy atom. The second-order valence-corrected chi connectivity index (χ2v) is 1.64. The van der Waals surface area contributed by atoms with Crippen molar-refractivity contribution in [3.63, 3.8) is 0 Å². The van der Waals surface area contributed by atoms with Crippen molar-refractivity contribution in [1.29, 1.82) is 0 Å². The largest absolute Gasteiger partial charge is 0.478 e. The number of carbonyl (C=O) groups is 2. The summed E-state index contributed by atoms with van der Waals surface area (Å²) in [4.78, 5) is 19.1. The summed E-state index contributed by atoms with van der Waals surface area (Å²) in [7, 11) is 0. The molecule has 14 heavy (non-hydrogen) atoms. The third-order valence-electron chi connectivity index (χ3n) is 0.368. The summed E-state index contributed by atoms with van der Waals surface area (Å²) >= 11 is 0. The van der Waals surface area contributed by atoms with E-state index in [-0.39, 0.29) is 13.2 Å². The van der Waals surface area contributed by atoms with Gasteiger partial charge in [-0.1, -0.05) is 0 Å². The predicted octanol–water partition coefficient (Wildman–Crippen LogP) is -0.291. The molecule has 0 fully saturated rings. The number of hydrogen-bond donors (Lipinski definition) is 4. The Morgan fingerprint density at radius 3 is 1.14 bits per heavy atom. The molecule has 0 saturated heterocycles. The van der Waals surface area contributed by atoms with Gasteiger partial charge in [0.25, 0.3) is 0 Å². The zero-order valence-electron chi connectivity index (χ0n) is 8.17. The Labute approximate surface area is 82.1 Å². The molecule has 0 rings (SSSR count). The molecule has 0 atom stereocenters. The Balaban J connectivity index is -0.000000168. The van der Waals surface area contributed by atoms with Gasteiger partial charge in [-0.15, -0.1) is 0 Å². The highest BCUT2D eigenvalue weighted by Gasteiger charge is 1.88. The van der Waals surface area contributed by atoms with Crippen molar-refractivity contribution in [2.24, 2.45) is 0 Å². The average molecular weight is 208 g/mol. The Morgan fingerprint density at radius 2 is 1.07 bits per heavy atom. The molecule has 0 aliphatic heterocycles. The van der Waals surface area contributed by atoms with Gasteiger partial charge in [0.15, 0.2) is 0 Å². The van der Waals surface area contributed by atoms with Gasteiger partial charge < -0.3 is 20.4 Å². The fourth-order valence-electron chi connectivity index (χ4n) is 0.143. The maximum Gasteiger partial charge on any atom is 0.328 e. The molecule has 6 nitrogen and oxygen atoms in total. The van der Waals surface area contributed by atoms with Gasteiger partial charge in [-0.25, -0.2) is 9.59 Å². The topological polar surface area (TPSA) is 115 Å². The fraction of sp³-hybridized carbons (Fsp3) is 0.500. The van der Waals surface area contributed by atoms with Crippen LogP contribution in [0.2, 0.25) is 0 Å². The van der Waals surface area contributed by atoms with Crippen molar-refractivity contribution in [2.45, 2.75) is 13.8 Å². The van der Waals surface area contributed by atoms with E-state index in [2.05, 4.69) is 0 Å². The summed E-state index contributed by atoms with van der Waals surface area (Å²) in [5.41, 5.74) is 0. The molecule has 0 aromatic rings. The highest BCUT2D eigenvalue weighted by molar-refractivity contribution is 5.89. The predicted molar refractivity (Wildman–Crippen MR) is 49.9 cm³/mol. The first-order valence-corrected chi connectivity index (χ1v) is 3.81. The van der Waals surface area contributed by atoms with Crippen LogP contribution in [0.15, 0.2) is 12.2 Å². The second-order valence-electron chi connectivity index (χ2n) is 1.64. The maximum atomic E-state index is 9.55. The zero-order chi connectivity index (χ0) is 12.0. The van der Waals surface area contributed by atoms with Gasteiger partial charge in [0.1, 0.15) is 0 Å². The van der Waals surface area contributed by atoms with Crippen molar-refractivity contribution < 1.29 is 30.0 Å². The molecule has 0 unspecified atom stereocenters. The molecule has 0 heterocycles. The van der Waals surface area contributed by atoms with Crippen LogP contribution in [0, 0.1) is 0 Å². The highest BCUT2D eigenvalue weighted by atomic mass is 16.4. The standard InChI is InChI=1S/C4H4O4.2C2H6O/c5-3(6)1-2-4(7)8;2*1-2-3/h1-2H,(H,5,6)(H,7,8);2*3H,2H2,1H3/b2-1+;;. The Kier molecular flexibility index (Phi) is 23.2. The lowest BCUT2D eigenvalue weighted by Crippen LogP contribution is -1.91. The van der Waals surface area contributed by atoms with Crippen molar-refractivity contribution >= 4 is 11.9 Å². The van der Waals surface area contributed by atoms with Crippen molar-refractivity contribution in [2.75, 3.05) is 13.2 Å². The number of aliphatic hydroxyl groups excluding tert-OH is 2. The van der Waals surface area contributed by atoms with Crippen LogP contribution < -0.4 is 0 Å². The van der Waals surface area contributed by atoms with E-state index in [9.17, 15) is 9.59 Å². The monoisotopic (exact) mass is 208 g/mol. The SMILES string of the molecule is CCO.CCO.O=C(O)/C=C/C(=O)O. The van der Waals surface area contributed by atoms with E-state index in [0.29, 0.717) is 12.2 Å². The molecule has 0 amide bonds. The van der Waals surface area contributed by atoms with Crippen LogP contribution in [-0.2, 0) is 9.59 Å². The number of hydrogen-bond acceptors (Lipinski definition) is 4. The van der Waals surface area contributed by atoms with Crippen LogP contribution in [0.25, 0.3) is 0 Å². The minimum Gasteiger partial charge on any atom is -0.478 e. The summed E-state index contributed by atoms with van der Waals surface area (Å²) in [5.74, 6) is -2.51. The van der Waals surface area contributed by atoms with Crippen LogP contribution in [0.5, 0.6) is 0 Å². The van der Waals surface area contributed by atoms with Gasteiger partial charge >= 0.3 is 11.9 Å². The molecule has 4 N–H and O–H groups in total. The summed E-state index contributed by atoms with van der Waals surface area (Å²) in [6.45, 7) is 3.86. The van der Waals surface area contributed by atoms with E-state index in [1.54, 1.807) is 13.8 Å². The van der Waals surface area contributed by atoms with E-state index in [0.717, 1.165) is 0 Å². The second kappa shape index (κ2) is 17.6. The smallest absolute Gasteiger partial charge is 0.328 e. The zero-order valence-corrected chi connectivity index (χ0v) is 8.17. The van der Waals surface area contributed by atoms with E-state index in [1.807, 2.05) is 0 Å². The third-order valence-corrected chi connectivity index (χ3v) is 0.368. The van der Waals surface area contributed by atoms with Gasteiger partial charge in [-0.05, 0) is 13.8 Å². The fourth-order valence-corrected chi connectivity index (χ4v) is 0.143. The van der Waals surface area contributed by atoms with Crippen molar-refractivity contribution in [3.8, 4) is 0 Å². The van der Waals surface area contributed by atoms with E-state index in [4.69, 9.17) is 20.4 Å². The number of aliphatic hydroxyl groups is 2. The third kappa shape index (κ3) is 75.4. The first-order valence-electron chi connectivity index (χ1n) is 3.81. The van der Waals surface area contributed by atoms with Crippen LogP contribution >= 0.6 is 0 Å². The molecular formula is C8H16O6. The minimum absolute atomic E-state index is 0.250. The minimum atomic E-state index is -1.26. The highest BCUT2D eigenvalue weighted by Crippen LogP contribution is 1.70. The van der Waals surface area contributed by atoms with Crippen molar-refractivity contribution in [1.82, 2.24) is 0 Å². The Hall–Kier alpha value is -1.40. The van der Waals surface area contributed by atoms with Crippen LogP contribution in [0.3, 0.4) is 0 Å². The van der Waals surface area contributed by atoms with Gasteiger partial charge in [0.2, 0.25) is 0 Å². The molecule has 84 valence electrons. The van der Waals surface area contributed by atoms with Gasteiger partial charge in [0.05, 0.1) is 0 Å². The Bertz CT molecular complexity index is 145. The quantitative estimate of drug-likeness (QED) is 0.463. The number of aliphatic carboxylic acids is 2. The first kappa shape index (κ1) is 18.4. The average Bonchev–Trinajstić information content (AvgIpc) is 2.04. The summed E-state index contributed by atoms with van der Waals surface area (Å²) < 4.78 is 0. The number of carboxylic acids is 2. The summed E-state index contributed by atoms with van der Waals surface area (Å²) in [6.07, 6.45) is 1.12. The van der Waals surface area contributed by atoms with E-state index < -0.39 is 11.9 Å². The molecule has 0 bridgehead atoms. The maximum absolute atomic E-state index is 9.55. The van der Waals surface area contributed by atoms with Gasteiger partial charge in [-0.3, -0.25) is 0 Å². The van der Waals surface area contributed by atoms with E-state index >= 15 is 0 Å². The molecule has 0 aliphatic rings. The molecule has 0 radical (unpaired) electrons. The molecule has 0 aromatic heterocycles. The lowest BCUT2D eigenvalue weighted by Gasteiger charge is -1.74. The van der Waals surface area contributed by atoms with Crippen molar-refractivity contribution in [3.05, 3.63) is 12.2 Å². The lowest BCUT2D eigenvalue weighted by atomic mass is 10.5. The molecule has 0 aromatic carbocycles. The van der Waals surface area contributed by atoms with Crippen LogP contribution in [0.1, 0.15) is 13.8 Å². The van der Waals surface area contributed by atoms with Gasteiger partial charge in [0, 0.05) is 25.4 Å². The molecule has 0 saturated carbocycles. The normalized spacial score (nSPS) is 8.00. The molecule has 0 aliphatic carbocycles.